The fourth-order valence-electron chi connectivity index (χ4n) is 2.95. The Kier molecular flexibility index (Phi) is 4.58. The number of furan rings is 1. The van der Waals surface area contributed by atoms with Crippen molar-refractivity contribution in [3.63, 3.8) is 0 Å². The van der Waals surface area contributed by atoms with Crippen LogP contribution in [0.2, 0.25) is 0 Å². The molecule has 5 heteroatoms. The number of benzene rings is 2. The number of carbonyl (C=O) groups is 1. The van der Waals surface area contributed by atoms with Crippen LogP contribution in [0.15, 0.2) is 83.6 Å². The first-order valence-electron chi connectivity index (χ1n) is 8.74. The molecule has 0 atom stereocenters. The van der Waals surface area contributed by atoms with Gasteiger partial charge in [-0.3, -0.25) is 4.79 Å². The maximum absolute atomic E-state index is 12.4. The lowest BCUT2D eigenvalue weighted by atomic mass is 10.1. The molecule has 0 unspecified atom stereocenters. The predicted octanol–water partition coefficient (Wildman–Crippen LogP) is 4.37. The van der Waals surface area contributed by atoms with Crippen LogP contribution in [0.4, 0.5) is 0 Å². The normalized spacial score (nSPS) is 10.7. The molecule has 4 aromatic rings. The zero-order valence-electron chi connectivity index (χ0n) is 14.9. The lowest BCUT2D eigenvalue weighted by Gasteiger charge is -2.04. The summed E-state index contributed by atoms with van der Waals surface area (Å²) in [5.74, 6) is 0.107. The molecule has 0 bridgehead atoms. The Morgan fingerprint density at radius 1 is 1.04 bits per heavy atom. The quantitative estimate of drug-likeness (QED) is 0.577. The molecule has 1 N–H and O–H groups in total. The van der Waals surface area contributed by atoms with E-state index < -0.39 is 0 Å². The average molecular weight is 357 g/mol. The molecular weight excluding hydrogens is 338 g/mol. The Balaban J connectivity index is 1.65. The number of carbonyl (C=O) groups excluding carboxylic acids is 1. The van der Waals surface area contributed by atoms with E-state index in [-0.39, 0.29) is 5.91 Å². The Bertz CT molecular complexity index is 1050. The van der Waals surface area contributed by atoms with Crippen LogP contribution in [0, 0.1) is 6.92 Å². The predicted molar refractivity (Wildman–Crippen MR) is 104 cm³/mol. The topological polar surface area (TPSA) is 60.1 Å². The second kappa shape index (κ2) is 7.33. The van der Waals surface area contributed by atoms with Crippen LogP contribution >= 0.6 is 0 Å². The zero-order chi connectivity index (χ0) is 18.6. The molecule has 0 spiro atoms. The van der Waals surface area contributed by atoms with Crippen LogP contribution < -0.4 is 5.32 Å². The number of para-hydroxylation sites is 1. The largest absolute Gasteiger partial charge is 0.459 e. The minimum atomic E-state index is -0.232. The lowest BCUT2D eigenvalue weighted by Crippen LogP contribution is -2.23. The van der Waals surface area contributed by atoms with Crippen molar-refractivity contribution in [2.45, 2.75) is 13.5 Å². The molecule has 0 fully saturated rings. The molecule has 4 rings (SSSR count). The average Bonchev–Trinajstić information content (AvgIpc) is 3.34. The SMILES string of the molecule is Cc1ccoc1C(=O)NCc1cn(-c2ccccc2)nc1-c1ccccc1. The molecule has 0 saturated heterocycles. The van der Waals surface area contributed by atoms with Crippen LogP contribution in [-0.4, -0.2) is 15.7 Å². The van der Waals surface area contributed by atoms with E-state index in [9.17, 15) is 4.79 Å². The second-order valence-corrected chi connectivity index (χ2v) is 6.26. The summed E-state index contributed by atoms with van der Waals surface area (Å²) in [4.78, 5) is 12.4. The number of hydrogen-bond donors (Lipinski definition) is 1. The summed E-state index contributed by atoms with van der Waals surface area (Å²) in [5, 5.41) is 7.68. The highest BCUT2D eigenvalue weighted by Crippen LogP contribution is 2.23. The van der Waals surface area contributed by atoms with Gasteiger partial charge in [0, 0.05) is 29.4 Å². The van der Waals surface area contributed by atoms with Gasteiger partial charge in [-0.2, -0.15) is 5.10 Å². The first-order valence-corrected chi connectivity index (χ1v) is 8.74. The molecule has 0 aliphatic carbocycles. The molecule has 2 heterocycles. The van der Waals surface area contributed by atoms with Gasteiger partial charge in [-0.05, 0) is 25.1 Å². The van der Waals surface area contributed by atoms with Gasteiger partial charge in [-0.15, -0.1) is 0 Å². The maximum Gasteiger partial charge on any atom is 0.287 e. The van der Waals surface area contributed by atoms with E-state index in [2.05, 4.69) is 5.32 Å². The number of rotatable bonds is 5. The Hall–Kier alpha value is -3.60. The van der Waals surface area contributed by atoms with Crippen molar-refractivity contribution in [3.8, 4) is 16.9 Å². The van der Waals surface area contributed by atoms with Crippen molar-refractivity contribution in [3.05, 3.63) is 96.1 Å². The van der Waals surface area contributed by atoms with E-state index in [1.54, 1.807) is 6.07 Å². The summed E-state index contributed by atoms with van der Waals surface area (Å²) < 4.78 is 7.11. The van der Waals surface area contributed by atoms with E-state index in [4.69, 9.17) is 9.52 Å². The second-order valence-electron chi connectivity index (χ2n) is 6.26. The zero-order valence-corrected chi connectivity index (χ0v) is 14.9. The van der Waals surface area contributed by atoms with Gasteiger partial charge in [0.15, 0.2) is 5.76 Å². The molecule has 1 amide bonds. The van der Waals surface area contributed by atoms with Crippen LogP contribution in [0.1, 0.15) is 21.7 Å². The number of aryl methyl sites for hydroxylation is 1. The summed E-state index contributed by atoms with van der Waals surface area (Å²) >= 11 is 0. The smallest absolute Gasteiger partial charge is 0.287 e. The lowest BCUT2D eigenvalue weighted by molar-refractivity contribution is 0.0922. The number of nitrogens with one attached hydrogen (secondary N) is 1. The molecule has 5 nitrogen and oxygen atoms in total. The molecule has 0 aliphatic heterocycles. The fourth-order valence-corrected chi connectivity index (χ4v) is 2.95. The van der Waals surface area contributed by atoms with E-state index in [1.807, 2.05) is 78.5 Å². The van der Waals surface area contributed by atoms with Gasteiger partial charge in [-0.25, -0.2) is 4.68 Å². The van der Waals surface area contributed by atoms with E-state index in [1.165, 1.54) is 6.26 Å². The van der Waals surface area contributed by atoms with Crippen LogP contribution in [-0.2, 0) is 6.54 Å². The Morgan fingerprint density at radius 3 is 2.41 bits per heavy atom. The highest BCUT2D eigenvalue weighted by molar-refractivity contribution is 5.92. The number of amides is 1. The Morgan fingerprint density at radius 2 is 1.74 bits per heavy atom. The summed E-state index contributed by atoms with van der Waals surface area (Å²) in [6.07, 6.45) is 3.47. The van der Waals surface area contributed by atoms with Crippen LogP contribution in [0.25, 0.3) is 16.9 Å². The van der Waals surface area contributed by atoms with Gasteiger partial charge in [0.1, 0.15) is 0 Å². The number of nitrogens with zero attached hydrogens (tertiary/aromatic N) is 2. The highest BCUT2D eigenvalue weighted by Gasteiger charge is 2.16. The third kappa shape index (κ3) is 3.53. The van der Waals surface area contributed by atoms with Gasteiger partial charge in [0.05, 0.1) is 17.6 Å². The summed E-state index contributed by atoms with van der Waals surface area (Å²) in [6, 6.07) is 21.6. The molecule has 0 radical (unpaired) electrons. The molecule has 134 valence electrons. The maximum atomic E-state index is 12.4. The standard InChI is InChI=1S/C22H19N3O2/c1-16-12-13-27-21(16)22(26)23-14-18-15-25(19-10-6-3-7-11-19)24-20(18)17-8-4-2-5-9-17/h2-13,15H,14H2,1H3,(H,23,26). The van der Waals surface area contributed by atoms with Crippen molar-refractivity contribution in [1.82, 2.24) is 15.1 Å². The van der Waals surface area contributed by atoms with E-state index in [0.29, 0.717) is 12.3 Å². The van der Waals surface area contributed by atoms with Crippen molar-refractivity contribution in [2.24, 2.45) is 0 Å². The monoisotopic (exact) mass is 357 g/mol. The minimum Gasteiger partial charge on any atom is -0.459 e. The van der Waals surface area contributed by atoms with E-state index in [0.717, 1.165) is 28.1 Å². The molecule has 0 aliphatic rings. The molecular formula is C22H19N3O2. The van der Waals surface area contributed by atoms with E-state index >= 15 is 0 Å². The highest BCUT2D eigenvalue weighted by atomic mass is 16.3. The molecule has 0 saturated carbocycles. The fraction of sp³-hybridized carbons (Fsp3) is 0.0909. The number of aromatic nitrogens is 2. The first kappa shape index (κ1) is 16.8. The minimum absolute atomic E-state index is 0.232. The van der Waals surface area contributed by atoms with Crippen LogP contribution in [0.3, 0.4) is 0 Å². The van der Waals surface area contributed by atoms with Gasteiger partial charge in [-0.1, -0.05) is 48.5 Å². The van der Waals surface area contributed by atoms with Crippen molar-refractivity contribution in [2.75, 3.05) is 0 Å². The van der Waals surface area contributed by atoms with Gasteiger partial charge < -0.3 is 9.73 Å². The number of hydrogen-bond acceptors (Lipinski definition) is 3. The van der Waals surface area contributed by atoms with Gasteiger partial charge >= 0.3 is 0 Å². The Labute approximate surface area is 157 Å². The van der Waals surface area contributed by atoms with Crippen molar-refractivity contribution in [1.29, 1.82) is 0 Å². The molecule has 27 heavy (non-hydrogen) atoms. The van der Waals surface area contributed by atoms with Crippen molar-refractivity contribution < 1.29 is 9.21 Å². The van der Waals surface area contributed by atoms with Crippen molar-refractivity contribution >= 4 is 5.91 Å². The summed E-state index contributed by atoms with van der Waals surface area (Å²) in [5.41, 5.74) is 4.56. The van der Waals surface area contributed by atoms with Gasteiger partial charge in [0.2, 0.25) is 0 Å². The third-order valence-corrected chi connectivity index (χ3v) is 4.37. The summed E-state index contributed by atoms with van der Waals surface area (Å²) in [7, 11) is 0. The molecule has 2 aromatic carbocycles. The van der Waals surface area contributed by atoms with Crippen LogP contribution in [0.5, 0.6) is 0 Å². The van der Waals surface area contributed by atoms with Gasteiger partial charge in [0.25, 0.3) is 5.91 Å². The first-order chi connectivity index (χ1) is 13.2. The third-order valence-electron chi connectivity index (χ3n) is 4.37. The summed E-state index contributed by atoms with van der Waals surface area (Å²) in [6.45, 7) is 2.21. The molecule has 2 aromatic heterocycles.